The first-order valence-electron chi connectivity index (χ1n) is 4.13. The molecule has 2 rings (SSSR count). The molecule has 0 aliphatic carbocycles. The third-order valence-electron chi connectivity index (χ3n) is 2.35. The molecule has 1 aliphatic heterocycles. The second-order valence-electron chi connectivity index (χ2n) is 3.10. The zero-order valence-corrected chi connectivity index (χ0v) is 7.47. The van der Waals surface area contributed by atoms with Crippen molar-refractivity contribution in [2.45, 2.75) is 13.0 Å². The van der Waals surface area contributed by atoms with Gasteiger partial charge in [0.15, 0.2) is 0 Å². The van der Waals surface area contributed by atoms with Crippen molar-refractivity contribution in [3.05, 3.63) is 29.6 Å². The number of amides is 2. The number of carbonyl (C=O) groups excluding carboxylic acids is 1. The van der Waals surface area contributed by atoms with Gasteiger partial charge in [0.1, 0.15) is 0 Å². The summed E-state index contributed by atoms with van der Waals surface area (Å²) in [6.07, 6.45) is 1.73. The number of carbonyl (C=O) groups is 2. The number of carboxylic acid groups (broad SMARTS) is 1. The lowest BCUT2D eigenvalue weighted by Crippen LogP contribution is -2.31. The number of rotatable bonds is 0. The Morgan fingerprint density at radius 3 is 2.93 bits per heavy atom. The highest BCUT2D eigenvalue weighted by Crippen LogP contribution is 2.32. The molecule has 0 saturated carbocycles. The molecule has 1 aromatic heterocycles. The topological polar surface area (TPSA) is 70.5 Å². The van der Waals surface area contributed by atoms with Crippen molar-refractivity contribution in [1.82, 2.24) is 9.88 Å². The van der Waals surface area contributed by atoms with Crippen LogP contribution in [0, 0.1) is 0 Å². The van der Waals surface area contributed by atoms with Crippen LogP contribution in [0.5, 0.6) is 0 Å². The van der Waals surface area contributed by atoms with E-state index < -0.39 is 18.0 Å². The maximum atomic E-state index is 11.6. The van der Waals surface area contributed by atoms with Gasteiger partial charge < -0.3 is 5.11 Å². The van der Waals surface area contributed by atoms with E-state index in [4.69, 9.17) is 5.11 Å². The molecule has 1 N–H and O–H groups in total. The first-order chi connectivity index (χ1) is 6.63. The van der Waals surface area contributed by atoms with Gasteiger partial charge in [-0.3, -0.25) is 9.78 Å². The van der Waals surface area contributed by atoms with Gasteiger partial charge in [-0.25, -0.2) is 9.69 Å². The number of nitrogens with zero attached hydrogens (tertiary/aromatic N) is 2. The van der Waals surface area contributed by atoms with Crippen molar-refractivity contribution < 1.29 is 14.7 Å². The van der Waals surface area contributed by atoms with Crippen LogP contribution in [0.4, 0.5) is 4.79 Å². The predicted molar refractivity (Wildman–Crippen MR) is 46.8 cm³/mol. The zero-order chi connectivity index (χ0) is 10.3. The molecule has 1 atom stereocenters. The third kappa shape index (κ3) is 0.985. The van der Waals surface area contributed by atoms with Gasteiger partial charge >= 0.3 is 6.09 Å². The van der Waals surface area contributed by atoms with E-state index >= 15 is 0 Å². The molecule has 0 spiro atoms. The van der Waals surface area contributed by atoms with Gasteiger partial charge in [-0.1, -0.05) is 0 Å². The van der Waals surface area contributed by atoms with Gasteiger partial charge in [0, 0.05) is 12.4 Å². The minimum absolute atomic E-state index is 0.377. The molecule has 5 nitrogen and oxygen atoms in total. The molecule has 14 heavy (non-hydrogen) atoms. The lowest BCUT2D eigenvalue weighted by atomic mass is 10.1. The SMILES string of the molecule is CC1c2ccncc2C(=O)N1C(=O)O. The average molecular weight is 192 g/mol. The number of hydrogen-bond acceptors (Lipinski definition) is 3. The maximum Gasteiger partial charge on any atom is 0.414 e. The van der Waals surface area contributed by atoms with E-state index in [1.165, 1.54) is 6.20 Å². The summed E-state index contributed by atoms with van der Waals surface area (Å²) in [4.78, 5) is 26.9. The Bertz CT molecular complexity index is 416. The smallest absolute Gasteiger partial charge is 0.414 e. The summed E-state index contributed by atoms with van der Waals surface area (Å²) < 4.78 is 0. The van der Waals surface area contributed by atoms with Crippen LogP contribution in [-0.4, -0.2) is 27.0 Å². The highest BCUT2D eigenvalue weighted by atomic mass is 16.4. The Kier molecular flexibility index (Phi) is 1.73. The second-order valence-corrected chi connectivity index (χ2v) is 3.10. The number of imide groups is 1. The molecule has 0 radical (unpaired) electrons. The number of pyridine rings is 1. The number of aromatic nitrogens is 1. The van der Waals surface area contributed by atoms with Gasteiger partial charge in [-0.05, 0) is 18.6 Å². The summed E-state index contributed by atoms with van der Waals surface area (Å²) in [6.45, 7) is 1.68. The molecule has 0 fully saturated rings. The van der Waals surface area contributed by atoms with Crippen LogP contribution in [0.25, 0.3) is 0 Å². The minimum Gasteiger partial charge on any atom is -0.465 e. The van der Waals surface area contributed by atoms with Crippen LogP contribution < -0.4 is 0 Å². The monoisotopic (exact) mass is 192 g/mol. The van der Waals surface area contributed by atoms with E-state index in [2.05, 4.69) is 4.98 Å². The van der Waals surface area contributed by atoms with E-state index in [9.17, 15) is 9.59 Å². The second kappa shape index (κ2) is 2.80. The maximum absolute atomic E-state index is 11.6. The molecule has 1 aromatic rings. The number of hydrogen-bond donors (Lipinski definition) is 1. The van der Waals surface area contributed by atoms with Gasteiger partial charge in [0.05, 0.1) is 11.6 Å². The quantitative estimate of drug-likeness (QED) is 0.672. The zero-order valence-electron chi connectivity index (χ0n) is 7.47. The van der Waals surface area contributed by atoms with E-state index in [0.29, 0.717) is 11.1 Å². The van der Waals surface area contributed by atoms with Crippen LogP contribution in [0.3, 0.4) is 0 Å². The van der Waals surface area contributed by atoms with Crippen molar-refractivity contribution >= 4 is 12.0 Å². The van der Waals surface area contributed by atoms with Crippen LogP contribution in [-0.2, 0) is 0 Å². The fraction of sp³-hybridized carbons (Fsp3) is 0.222. The molecule has 1 unspecified atom stereocenters. The Balaban J connectivity index is 2.53. The summed E-state index contributed by atoms with van der Waals surface area (Å²) in [6, 6.07) is 1.25. The Morgan fingerprint density at radius 1 is 1.64 bits per heavy atom. The van der Waals surface area contributed by atoms with Crippen LogP contribution in [0.2, 0.25) is 0 Å². The van der Waals surface area contributed by atoms with Crippen LogP contribution in [0.1, 0.15) is 28.9 Å². The Morgan fingerprint density at radius 2 is 2.36 bits per heavy atom. The van der Waals surface area contributed by atoms with E-state index in [-0.39, 0.29) is 0 Å². The van der Waals surface area contributed by atoms with Crippen molar-refractivity contribution in [1.29, 1.82) is 0 Å². The largest absolute Gasteiger partial charge is 0.465 e. The Labute approximate surface area is 80.0 Å². The molecule has 1 aliphatic rings. The molecule has 72 valence electrons. The van der Waals surface area contributed by atoms with Crippen LogP contribution in [0.15, 0.2) is 18.5 Å². The molecule has 0 aromatic carbocycles. The molecule has 0 saturated heterocycles. The predicted octanol–water partition coefficient (Wildman–Crippen LogP) is 1.28. The van der Waals surface area contributed by atoms with E-state index in [0.717, 1.165) is 4.90 Å². The minimum atomic E-state index is -1.22. The summed E-state index contributed by atoms with van der Waals surface area (Å²) in [5, 5.41) is 8.81. The average Bonchev–Trinajstić information content (AvgIpc) is 2.41. The van der Waals surface area contributed by atoms with E-state index in [1.54, 1.807) is 19.2 Å². The summed E-state index contributed by atoms with van der Waals surface area (Å²) >= 11 is 0. The van der Waals surface area contributed by atoms with Gasteiger partial charge in [0.25, 0.3) is 5.91 Å². The number of fused-ring (bicyclic) bond motifs is 1. The van der Waals surface area contributed by atoms with E-state index in [1.807, 2.05) is 0 Å². The van der Waals surface area contributed by atoms with Crippen LogP contribution >= 0.6 is 0 Å². The van der Waals surface area contributed by atoms with Gasteiger partial charge in [-0.15, -0.1) is 0 Å². The van der Waals surface area contributed by atoms with Crippen molar-refractivity contribution in [3.8, 4) is 0 Å². The first kappa shape index (κ1) is 8.68. The normalized spacial score (nSPS) is 19.6. The molecule has 2 heterocycles. The standard InChI is InChI=1S/C9H8N2O3/c1-5-6-2-3-10-4-7(6)8(12)11(5)9(13)14/h2-5H,1H3,(H,13,14). The molecule has 0 bridgehead atoms. The van der Waals surface area contributed by atoms with Crippen molar-refractivity contribution in [2.75, 3.05) is 0 Å². The fourth-order valence-electron chi connectivity index (χ4n) is 1.65. The Hall–Kier alpha value is -1.91. The van der Waals surface area contributed by atoms with Gasteiger partial charge in [0.2, 0.25) is 0 Å². The molecule has 2 amide bonds. The highest BCUT2D eigenvalue weighted by molar-refractivity contribution is 6.06. The molecular weight excluding hydrogens is 184 g/mol. The molecular formula is C9H8N2O3. The van der Waals surface area contributed by atoms with Gasteiger partial charge in [-0.2, -0.15) is 0 Å². The first-order valence-corrected chi connectivity index (χ1v) is 4.13. The third-order valence-corrected chi connectivity index (χ3v) is 2.35. The lowest BCUT2D eigenvalue weighted by Gasteiger charge is -2.15. The molecule has 5 heteroatoms. The lowest BCUT2D eigenvalue weighted by molar-refractivity contribution is 0.0723. The summed E-state index contributed by atoms with van der Waals surface area (Å²) in [7, 11) is 0. The van der Waals surface area contributed by atoms with Crippen molar-refractivity contribution in [2.24, 2.45) is 0 Å². The fourth-order valence-corrected chi connectivity index (χ4v) is 1.65. The highest BCUT2D eigenvalue weighted by Gasteiger charge is 2.38. The van der Waals surface area contributed by atoms with Crippen molar-refractivity contribution in [3.63, 3.8) is 0 Å². The summed E-state index contributed by atoms with van der Waals surface area (Å²) in [5.41, 5.74) is 1.09. The summed E-state index contributed by atoms with van der Waals surface area (Å²) in [5.74, 6) is -0.492.